The Hall–Kier alpha value is -1.63. The lowest BCUT2D eigenvalue weighted by Crippen LogP contribution is -2.50. The number of nitrogens with one attached hydrogen (secondary N) is 2. The van der Waals surface area contributed by atoms with Crippen LogP contribution in [0.15, 0.2) is 0 Å². The highest BCUT2D eigenvalue weighted by Gasteiger charge is 2.27. The Morgan fingerprint density at radius 1 is 1.13 bits per heavy atom. The first kappa shape index (κ1) is 21.4. The van der Waals surface area contributed by atoms with Gasteiger partial charge in [-0.1, -0.05) is 20.3 Å². The Labute approximate surface area is 139 Å². The molecule has 0 heterocycles. The minimum absolute atomic E-state index is 0.0269. The number of carbonyl (C=O) groups is 3. The molecule has 0 aliphatic rings. The summed E-state index contributed by atoms with van der Waals surface area (Å²) in [4.78, 5) is 37.3. The molecule has 2 N–H and O–H groups in total. The molecule has 7 nitrogen and oxygen atoms in total. The Bertz CT molecular complexity index is 418. The average molecular weight is 329 g/mol. The SMILES string of the molecule is CC[C@H](C)[C@@H](NC(=O)CN(C)CC(=O)NC(C)(C)C)C(=O)OC. The molecule has 0 fully saturated rings. The zero-order valence-electron chi connectivity index (χ0n) is 15.4. The van der Waals surface area contributed by atoms with Crippen molar-refractivity contribution in [1.29, 1.82) is 0 Å². The molecular formula is C16H31N3O4. The molecule has 0 aliphatic carbocycles. The standard InChI is InChI=1S/C16H31N3O4/c1-8-11(2)14(15(22)23-7)17-12(20)9-19(6)10-13(21)18-16(3,4)5/h11,14H,8-10H2,1-7H3,(H,17,20)(H,18,21)/t11-,14+/m0/s1. The summed E-state index contributed by atoms with van der Waals surface area (Å²) in [6.45, 7) is 9.64. The smallest absolute Gasteiger partial charge is 0.328 e. The Kier molecular flexibility index (Phi) is 8.82. The highest BCUT2D eigenvalue weighted by Crippen LogP contribution is 2.09. The van der Waals surface area contributed by atoms with Gasteiger partial charge in [-0.2, -0.15) is 0 Å². The van der Waals surface area contributed by atoms with E-state index in [9.17, 15) is 14.4 Å². The maximum Gasteiger partial charge on any atom is 0.328 e. The van der Waals surface area contributed by atoms with E-state index < -0.39 is 12.0 Å². The molecule has 0 saturated carbocycles. The number of nitrogens with zero attached hydrogens (tertiary/aromatic N) is 1. The van der Waals surface area contributed by atoms with Gasteiger partial charge in [0.25, 0.3) is 0 Å². The summed E-state index contributed by atoms with van der Waals surface area (Å²) in [5.74, 6) is -0.951. The summed E-state index contributed by atoms with van der Waals surface area (Å²) in [6.07, 6.45) is 0.740. The fraction of sp³-hybridized carbons (Fsp3) is 0.812. The van der Waals surface area contributed by atoms with E-state index in [0.29, 0.717) is 0 Å². The summed E-state index contributed by atoms with van der Waals surface area (Å²) in [5, 5.41) is 5.52. The predicted molar refractivity (Wildman–Crippen MR) is 88.8 cm³/mol. The van der Waals surface area contributed by atoms with Crippen LogP contribution in [0.5, 0.6) is 0 Å². The molecule has 0 bridgehead atoms. The van der Waals surface area contributed by atoms with Crippen molar-refractivity contribution in [2.24, 2.45) is 5.92 Å². The lowest BCUT2D eigenvalue weighted by Gasteiger charge is -2.25. The van der Waals surface area contributed by atoms with Crippen LogP contribution in [0.1, 0.15) is 41.0 Å². The van der Waals surface area contributed by atoms with E-state index in [-0.39, 0.29) is 36.4 Å². The van der Waals surface area contributed by atoms with Crippen molar-refractivity contribution in [3.05, 3.63) is 0 Å². The molecule has 23 heavy (non-hydrogen) atoms. The van der Waals surface area contributed by atoms with Gasteiger partial charge in [-0.3, -0.25) is 14.5 Å². The number of likely N-dealkylation sites (N-methyl/N-ethyl adjacent to an activating group) is 1. The molecule has 134 valence electrons. The van der Waals surface area contributed by atoms with Crippen LogP contribution in [-0.4, -0.2) is 61.5 Å². The number of esters is 1. The first-order valence-corrected chi connectivity index (χ1v) is 7.86. The molecule has 2 amide bonds. The molecule has 0 unspecified atom stereocenters. The molecule has 0 aliphatic heterocycles. The van der Waals surface area contributed by atoms with Gasteiger partial charge in [-0.25, -0.2) is 4.79 Å². The number of hydrogen-bond acceptors (Lipinski definition) is 5. The van der Waals surface area contributed by atoms with Gasteiger partial charge in [0.2, 0.25) is 11.8 Å². The maximum atomic E-state index is 12.1. The average Bonchev–Trinajstić information content (AvgIpc) is 2.40. The van der Waals surface area contributed by atoms with Crippen LogP contribution in [0.2, 0.25) is 0 Å². The fourth-order valence-corrected chi connectivity index (χ4v) is 2.02. The number of rotatable bonds is 8. The van der Waals surface area contributed by atoms with E-state index >= 15 is 0 Å². The lowest BCUT2D eigenvalue weighted by atomic mass is 9.99. The van der Waals surface area contributed by atoms with Crippen LogP contribution in [0.4, 0.5) is 0 Å². The van der Waals surface area contributed by atoms with Crippen molar-refractivity contribution in [2.45, 2.75) is 52.6 Å². The van der Waals surface area contributed by atoms with E-state index in [1.54, 1.807) is 11.9 Å². The second kappa shape index (κ2) is 9.50. The van der Waals surface area contributed by atoms with E-state index in [1.165, 1.54) is 7.11 Å². The van der Waals surface area contributed by atoms with Crippen LogP contribution < -0.4 is 10.6 Å². The van der Waals surface area contributed by atoms with E-state index in [4.69, 9.17) is 4.74 Å². The molecule has 2 atom stereocenters. The Morgan fingerprint density at radius 2 is 1.65 bits per heavy atom. The lowest BCUT2D eigenvalue weighted by molar-refractivity contribution is -0.146. The van der Waals surface area contributed by atoms with E-state index in [2.05, 4.69) is 10.6 Å². The van der Waals surface area contributed by atoms with E-state index in [1.807, 2.05) is 34.6 Å². The van der Waals surface area contributed by atoms with Crippen molar-refractivity contribution in [3.8, 4) is 0 Å². The quantitative estimate of drug-likeness (QED) is 0.635. The minimum Gasteiger partial charge on any atom is -0.467 e. The van der Waals surface area contributed by atoms with E-state index in [0.717, 1.165) is 6.42 Å². The van der Waals surface area contributed by atoms with Gasteiger partial charge >= 0.3 is 5.97 Å². The fourth-order valence-electron chi connectivity index (χ4n) is 2.02. The number of carbonyl (C=O) groups excluding carboxylic acids is 3. The van der Waals surface area contributed by atoms with Crippen LogP contribution in [0.25, 0.3) is 0 Å². The number of ether oxygens (including phenoxy) is 1. The first-order valence-electron chi connectivity index (χ1n) is 7.86. The molecule has 0 aromatic rings. The zero-order valence-corrected chi connectivity index (χ0v) is 15.4. The second-order valence-corrected chi connectivity index (χ2v) is 6.92. The Morgan fingerprint density at radius 3 is 2.09 bits per heavy atom. The molecule has 0 aromatic heterocycles. The molecule has 7 heteroatoms. The largest absolute Gasteiger partial charge is 0.467 e. The molecule has 0 radical (unpaired) electrons. The molecular weight excluding hydrogens is 298 g/mol. The van der Waals surface area contributed by atoms with Crippen LogP contribution in [0.3, 0.4) is 0 Å². The first-order chi connectivity index (χ1) is 10.5. The summed E-state index contributed by atoms with van der Waals surface area (Å²) in [7, 11) is 2.98. The highest BCUT2D eigenvalue weighted by atomic mass is 16.5. The number of amides is 2. The normalized spacial score (nSPS) is 14.1. The number of hydrogen-bond donors (Lipinski definition) is 2. The van der Waals surface area contributed by atoms with Gasteiger partial charge in [0.15, 0.2) is 0 Å². The van der Waals surface area contributed by atoms with Crippen molar-refractivity contribution in [3.63, 3.8) is 0 Å². The zero-order chi connectivity index (χ0) is 18.2. The van der Waals surface area contributed by atoms with Crippen LogP contribution in [-0.2, 0) is 19.1 Å². The van der Waals surface area contributed by atoms with Gasteiger partial charge in [-0.15, -0.1) is 0 Å². The summed E-state index contributed by atoms with van der Waals surface area (Å²) < 4.78 is 4.73. The Balaban J connectivity index is 4.50. The highest BCUT2D eigenvalue weighted by molar-refractivity contribution is 5.86. The summed E-state index contributed by atoms with van der Waals surface area (Å²) in [5.41, 5.74) is -0.313. The van der Waals surface area contributed by atoms with Gasteiger partial charge < -0.3 is 15.4 Å². The minimum atomic E-state index is -0.672. The third kappa shape index (κ3) is 9.18. The van der Waals surface area contributed by atoms with Gasteiger partial charge in [0.05, 0.1) is 20.2 Å². The predicted octanol–water partition coefficient (Wildman–Crippen LogP) is 0.537. The third-order valence-corrected chi connectivity index (χ3v) is 3.33. The monoisotopic (exact) mass is 329 g/mol. The van der Waals surface area contributed by atoms with Gasteiger partial charge in [-0.05, 0) is 33.7 Å². The molecule has 0 saturated heterocycles. The topological polar surface area (TPSA) is 87.7 Å². The second-order valence-electron chi connectivity index (χ2n) is 6.92. The summed E-state index contributed by atoms with van der Waals surface area (Å²) >= 11 is 0. The van der Waals surface area contributed by atoms with Crippen molar-refractivity contribution in [1.82, 2.24) is 15.5 Å². The number of methoxy groups -OCH3 is 1. The third-order valence-electron chi connectivity index (χ3n) is 3.33. The van der Waals surface area contributed by atoms with Crippen LogP contribution in [0, 0.1) is 5.92 Å². The van der Waals surface area contributed by atoms with Gasteiger partial charge in [0.1, 0.15) is 6.04 Å². The maximum absolute atomic E-state index is 12.1. The van der Waals surface area contributed by atoms with Crippen molar-refractivity contribution in [2.75, 3.05) is 27.2 Å². The van der Waals surface area contributed by atoms with Crippen LogP contribution >= 0.6 is 0 Å². The molecule has 0 rings (SSSR count). The molecule has 0 spiro atoms. The molecule has 0 aromatic carbocycles. The summed E-state index contributed by atoms with van der Waals surface area (Å²) in [6, 6.07) is -0.672. The van der Waals surface area contributed by atoms with Crippen molar-refractivity contribution >= 4 is 17.8 Å². The van der Waals surface area contributed by atoms with Crippen molar-refractivity contribution < 1.29 is 19.1 Å². The van der Waals surface area contributed by atoms with Gasteiger partial charge in [0, 0.05) is 5.54 Å².